The van der Waals surface area contributed by atoms with Gasteiger partial charge >= 0.3 is 5.97 Å². The molecule has 2 aliphatic rings. The molecule has 3 rings (SSSR count). The molecule has 1 saturated carbocycles. The quantitative estimate of drug-likeness (QED) is 0.299. The Morgan fingerprint density at radius 2 is 1.86 bits per heavy atom. The molecule has 2 unspecified atom stereocenters. The third-order valence-electron chi connectivity index (χ3n) is 6.82. The standard InChI is InChI=1S/C22H30N2O4/c1-2-18(21(26)27)16-7-10-22(11-8-16)12-9-19(23-14-22)20(25)17-5-3-15(4-6-17)13-24-28/h3-6,13,16,18-19,23,28H,2,7-12,14H2,1H3,(H,26,27). The molecule has 2 atom stereocenters. The van der Waals surface area contributed by atoms with E-state index in [0.717, 1.165) is 50.6 Å². The highest BCUT2D eigenvalue weighted by Gasteiger charge is 2.42. The monoisotopic (exact) mass is 386 g/mol. The molecule has 0 amide bonds. The van der Waals surface area contributed by atoms with Gasteiger partial charge in [-0.1, -0.05) is 36.3 Å². The van der Waals surface area contributed by atoms with Crippen molar-refractivity contribution in [3.05, 3.63) is 35.4 Å². The van der Waals surface area contributed by atoms with Crippen LogP contribution in [0.1, 0.15) is 67.8 Å². The number of Topliss-reactive ketones (excluding diaryl/α,β-unsaturated/α-hetero) is 1. The van der Waals surface area contributed by atoms with Crippen molar-refractivity contribution in [1.82, 2.24) is 5.32 Å². The van der Waals surface area contributed by atoms with E-state index in [4.69, 9.17) is 5.21 Å². The maximum atomic E-state index is 12.8. The molecule has 3 N–H and O–H groups in total. The number of carbonyl (C=O) groups is 2. The lowest BCUT2D eigenvalue weighted by Crippen LogP contribution is -2.50. The van der Waals surface area contributed by atoms with Crippen LogP contribution in [0.2, 0.25) is 0 Å². The van der Waals surface area contributed by atoms with E-state index in [2.05, 4.69) is 10.5 Å². The van der Waals surface area contributed by atoms with E-state index in [9.17, 15) is 14.7 Å². The largest absolute Gasteiger partial charge is 0.481 e. The van der Waals surface area contributed by atoms with Gasteiger partial charge in [-0.25, -0.2) is 0 Å². The number of carboxylic acid groups (broad SMARTS) is 1. The van der Waals surface area contributed by atoms with Crippen LogP contribution in [0.15, 0.2) is 29.4 Å². The molecule has 1 aromatic carbocycles. The number of carboxylic acids is 1. The molecule has 6 heteroatoms. The maximum absolute atomic E-state index is 12.8. The summed E-state index contributed by atoms with van der Waals surface area (Å²) in [6.07, 6.45) is 7.90. The maximum Gasteiger partial charge on any atom is 0.306 e. The van der Waals surface area contributed by atoms with Crippen LogP contribution in [0.25, 0.3) is 0 Å². The Balaban J connectivity index is 1.54. The predicted molar refractivity (Wildman–Crippen MR) is 107 cm³/mol. The summed E-state index contributed by atoms with van der Waals surface area (Å²) in [5.41, 5.74) is 1.63. The molecule has 1 saturated heterocycles. The zero-order valence-corrected chi connectivity index (χ0v) is 16.4. The number of nitrogens with zero attached hydrogens (tertiary/aromatic N) is 1. The number of benzene rings is 1. The van der Waals surface area contributed by atoms with E-state index in [0.29, 0.717) is 12.0 Å². The highest BCUT2D eigenvalue weighted by atomic mass is 16.4. The summed E-state index contributed by atoms with van der Waals surface area (Å²) in [5.74, 6) is -0.490. The molecule has 28 heavy (non-hydrogen) atoms. The zero-order valence-electron chi connectivity index (χ0n) is 16.4. The fourth-order valence-electron chi connectivity index (χ4n) is 5.00. The highest BCUT2D eigenvalue weighted by Crippen LogP contribution is 2.46. The molecule has 0 radical (unpaired) electrons. The van der Waals surface area contributed by atoms with Crippen LogP contribution in [0.5, 0.6) is 0 Å². The van der Waals surface area contributed by atoms with Gasteiger partial charge in [0.15, 0.2) is 5.78 Å². The van der Waals surface area contributed by atoms with Gasteiger partial charge in [-0.3, -0.25) is 9.59 Å². The minimum absolute atomic E-state index is 0.105. The lowest BCUT2D eigenvalue weighted by molar-refractivity contribution is -0.144. The molecular weight excluding hydrogens is 356 g/mol. The molecule has 1 heterocycles. The van der Waals surface area contributed by atoms with E-state index < -0.39 is 5.97 Å². The Labute approximate surface area is 166 Å². The Kier molecular flexibility index (Phi) is 6.50. The van der Waals surface area contributed by atoms with Gasteiger partial charge in [-0.2, -0.15) is 0 Å². The van der Waals surface area contributed by atoms with Gasteiger partial charge in [-0.15, -0.1) is 0 Å². The minimum Gasteiger partial charge on any atom is -0.481 e. The molecular formula is C22H30N2O4. The first kappa shape index (κ1) is 20.5. The van der Waals surface area contributed by atoms with Crippen molar-refractivity contribution >= 4 is 18.0 Å². The summed E-state index contributed by atoms with van der Waals surface area (Å²) in [6.45, 7) is 2.79. The van der Waals surface area contributed by atoms with E-state index >= 15 is 0 Å². The van der Waals surface area contributed by atoms with Crippen molar-refractivity contribution in [1.29, 1.82) is 0 Å². The van der Waals surface area contributed by atoms with Crippen LogP contribution in [0, 0.1) is 17.3 Å². The predicted octanol–water partition coefficient (Wildman–Crippen LogP) is 3.72. The first-order chi connectivity index (χ1) is 13.5. The van der Waals surface area contributed by atoms with Crippen molar-refractivity contribution in [2.45, 2.75) is 57.9 Å². The number of hydrogen-bond acceptors (Lipinski definition) is 5. The van der Waals surface area contributed by atoms with Crippen LogP contribution in [0.3, 0.4) is 0 Å². The second-order valence-corrected chi connectivity index (χ2v) is 8.39. The van der Waals surface area contributed by atoms with Crippen LogP contribution in [-0.2, 0) is 4.79 Å². The molecule has 1 aliphatic heterocycles. The lowest BCUT2D eigenvalue weighted by Gasteiger charge is -2.46. The number of hydrogen-bond donors (Lipinski definition) is 3. The number of rotatable bonds is 6. The van der Waals surface area contributed by atoms with Crippen molar-refractivity contribution in [3.8, 4) is 0 Å². The van der Waals surface area contributed by atoms with Gasteiger partial charge < -0.3 is 15.6 Å². The van der Waals surface area contributed by atoms with Gasteiger partial charge in [0, 0.05) is 12.1 Å². The summed E-state index contributed by atoms with van der Waals surface area (Å²) < 4.78 is 0. The number of ketones is 1. The zero-order chi connectivity index (χ0) is 20.1. The van der Waals surface area contributed by atoms with Crippen molar-refractivity contribution in [2.75, 3.05) is 6.54 Å². The van der Waals surface area contributed by atoms with Gasteiger partial charge in [0.1, 0.15) is 0 Å². The second-order valence-electron chi connectivity index (χ2n) is 8.39. The molecule has 1 spiro atoms. The van der Waals surface area contributed by atoms with Gasteiger partial charge in [0.25, 0.3) is 0 Å². The first-order valence-corrected chi connectivity index (χ1v) is 10.3. The minimum atomic E-state index is -0.660. The molecule has 152 valence electrons. The average Bonchev–Trinajstić information content (AvgIpc) is 2.71. The summed E-state index contributed by atoms with van der Waals surface area (Å²) in [7, 11) is 0. The summed E-state index contributed by atoms with van der Waals surface area (Å²) in [4.78, 5) is 24.2. The summed E-state index contributed by atoms with van der Waals surface area (Å²) >= 11 is 0. The van der Waals surface area contributed by atoms with Crippen molar-refractivity contribution in [2.24, 2.45) is 22.4 Å². The third kappa shape index (κ3) is 4.43. The highest BCUT2D eigenvalue weighted by molar-refractivity contribution is 6.00. The number of nitrogens with one attached hydrogen (secondary N) is 1. The summed E-state index contributed by atoms with van der Waals surface area (Å²) in [6, 6.07) is 6.92. The average molecular weight is 386 g/mol. The first-order valence-electron chi connectivity index (χ1n) is 10.3. The van der Waals surface area contributed by atoms with Gasteiger partial charge in [0.2, 0.25) is 0 Å². The molecule has 0 bridgehead atoms. The number of piperidine rings is 1. The van der Waals surface area contributed by atoms with E-state index in [1.54, 1.807) is 24.3 Å². The van der Waals surface area contributed by atoms with E-state index in [1.807, 2.05) is 6.92 Å². The Bertz CT molecular complexity index is 711. The van der Waals surface area contributed by atoms with Crippen LogP contribution in [0.4, 0.5) is 0 Å². The van der Waals surface area contributed by atoms with Gasteiger partial charge in [0.05, 0.1) is 18.2 Å². The lowest BCUT2D eigenvalue weighted by atomic mass is 9.63. The molecule has 1 aliphatic carbocycles. The molecule has 2 fully saturated rings. The normalized spacial score (nSPS) is 29.0. The van der Waals surface area contributed by atoms with Crippen LogP contribution >= 0.6 is 0 Å². The fraction of sp³-hybridized carbons (Fsp3) is 0.591. The summed E-state index contributed by atoms with van der Waals surface area (Å²) in [5, 5.41) is 24.4. The Morgan fingerprint density at radius 3 is 2.36 bits per heavy atom. The van der Waals surface area contributed by atoms with Crippen molar-refractivity contribution < 1.29 is 19.9 Å². The van der Waals surface area contributed by atoms with Crippen LogP contribution < -0.4 is 5.32 Å². The Hall–Kier alpha value is -2.21. The smallest absolute Gasteiger partial charge is 0.306 e. The van der Waals surface area contributed by atoms with Crippen molar-refractivity contribution in [3.63, 3.8) is 0 Å². The molecule has 0 aromatic heterocycles. The van der Waals surface area contributed by atoms with E-state index in [1.165, 1.54) is 6.21 Å². The topological polar surface area (TPSA) is 99.0 Å². The van der Waals surface area contributed by atoms with E-state index in [-0.39, 0.29) is 29.1 Å². The Morgan fingerprint density at radius 1 is 1.21 bits per heavy atom. The van der Waals surface area contributed by atoms with Crippen LogP contribution in [-0.4, -0.2) is 40.9 Å². The molecule has 6 nitrogen and oxygen atoms in total. The fourth-order valence-corrected chi connectivity index (χ4v) is 5.00. The molecule has 1 aromatic rings. The third-order valence-corrected chi connectivity index (χ3v) is 6.82. The number of aliphatic carboxylic acids is 1. The number of oxime groups is 1. The second kappa shape index (κ2) is 8.86. The SMILES string of the molecule is CCC(C(=O)O)C1CCC2(CCC(C(=O)c3ccc(C=NO)cc3)NC2)CC1. The van der Waals surface area contributed by atoms with Gasteiger partial charge in [-0.05, 0) is 61.8 Å². The number of carbonyl (C=O) groups excluding carboxylic acids is 1.